The van der Waals surface area contributed by atoms with E-state index in [-0.39, 0.29) is 0 Å². The predicted molar refractivity (Wildman–Crippen MR) is 106 cm³/mol. The first kappa shape index (κ1) is 15.3. The second-order valence-corrected chi connectivity index (χ2v) is 7.75. The van der Waals surface area contributed by atoms with E-state index in [4.69, 9.17) is 9.97 Å². The summed E-state index contributed by atoms with van der Waals surface area (Å²) in [4.78, 5) is 9.66. The van der Waals surface area contributed by atoms with Gasteiger partial charge < -0.3 is 5.32 Å². The Morgan fingerprint density at radius 2 is 1.91 bits per heavy atom. The van der Waals surface area contributed by atoms with Crippen molar-refractivity contribution in [3.8, 4) is 11.4 Å². The van der Waals surface area contributed by atoms with Gasteiger partial charge in [-0.05, 0) is 32.8 Å². The minimum Gasteiger partial charge on any atom is -0.367 e. The quantitative estimate of drug-likeness (QED) is 0.576. The molecule has 0 bridgehead atoms. The molecule has 1 saturated carbocycles. The highest BCUT2D eigenvalue weighted by atomic mass is 127. The average Bonchev–Trinajstić information content (AvgIpc) is 3.29. The van der Waals surface area contributed by atoms with E-state index in [1.165, 1.54) is 24.1 Å². The Bertz CT molecular complexity index is 868. The molecule has 4 nitrogen and oxygen atoms in total. The number of anilines is 1. The van der Waals surface area contributed by atoms with Gasteiger partial charge in [-0.2, -0.15) is 0 Å². The molecule has 0 radical (unpaired) electrons. The minimum absolute atomic E-state index is 0.565. The van der Waals surface area contributed by atoms with Crippen LogP contribution in [-0.2, 0) is 0 Å². The fourth-order valence-corrected chi connectivity index (χ4v) is 4.49. The van der Waals surface area contributed by atoms with Crippen LogP contribution in [0.1, 0.15) is 24.1 Å². The summed E-state index contributed by atoms with van der Waals surface area (Å²) >= 11 is 2.30. The van der Waals surface area contributed by atoms with Crippen LogP contribution >= 0.6 is 30.3 Å². The number of nitrogens with one attached hydrogen (secondary N) is 1. The van der Waals surface area contributed by atoms with Crippen LogP contribution in [0.4, 0.5) is 5.82 Å². The average molecular weight is 436 g/mol. The Kier molecular flexibility index (Phi) is 3.96. The lowest BCUT2D eigenvalue weighted by Crippen LogP contribution is -2.05. The van der Waals surface area contributed by atoms with Crippen molar-refractivity contribution in [3.05, 3.63) is 41.6 Å². The van der Waals surface area contributed by atoms with Crippen molar-refractivity contribution in [2.45, 2.75) is 32.7 Å². The highest BCUT2D eigenvalue weighted by Gasteiger charge is 2.24. The molecule has 0 aliphatic heterocycles. The van der Waals surface area contributed by atoms with Gasteiger partial charge in [-0.15, -0.1) is 0 Å². The third kappa shape index (κ3) is 2.94. The fraction of sp³-hybridized carbons (Fsp3) is 0.294. The summed E-state index contributed by atoms with van der Waals surface area (Å²) in [5.74, 6) is 1.74. The first-order chi connectivity index (χ1) is 11.2. The molecule has 0 atom stereocenters. The van der Waals surface area contributed by atoms with E-state index in [1.54, 1.807) is 9.12 Å². The van der Waals surface area contributed by atoms with E-state index >= 15 is 0 Å². The molecule has 1 aliphatic rings. The summed E-state index contributed by atoms with van der Waals surface area (Å²) in [6.07, 6.45) is 2.46. The summed E-state index contributed by atoms with van der Waals surface area (Å²) in [6.45, 7) is 4.20. The first-order valence-corrected chi connectivity index (χ1v) is 11.0. The van der Waals surface area contributed by atoms with Crippen molar-refractivity contribution in [1.82, 2.24) is 13.9 Å². The van der Waals surface area contributed by atoms with Crippen LogP contribution in [0.3, 0.4) is 0 Å². The lowest BCUT2D eigenvalue weighted by molar-refractivity contribution is 1.10. The van der Waals surface area contributed by atoms with Crippen LogP contribution < -0.4 is 5.32 Å². The zero-order chi connectivity index (χ0) is 16.0. The molecule has 0 spiro atoms. The molecule has 0 unspecified atom stereocenters. The van der Waals surface area contributed by atoms with Crippen LogP contribution in [0.2, 0.25) is 0 Å². The molecule has 6 heteroatoms. The number of nitrogens with zero attached hydrogens (tertiary/aromatic N) is 3. The molecule has 1 N–H and O–H groups in total. The number of hydrogen-bond acceptors (Lipinski definition) is 4. The summed E-state index contributed by atoms with van der Waals surface area (Å²) in [5.41, 5.74) is 4.47. The van der Waals surface area contributed by atoms with Crippen molar-refractivity contribution >= 4 is 47.2 Å². The van der Waals surface area contributed by atoms with Gasteiger partial charge in [-0.25, -0.2) is 9.97 Å². The van der Waals surface area contributed by atoms with Crippen molar-refractivity contribution < 1.29 is 0 Å². The molecule has 23 heavy (non-hydrogen) atoms. The molecule has 2 aromatic heterocycles. The Morgan fingerprint density at radius 3 is 2.57 bits per heavy atom. The Morgan fingerprint density at radius 1 is 1.17 bits per heavy atom. The number of rotatable bonds is 4. The van der Waals surface area contributed by atoms with E-state index in [2.05, 4.69) is 74.7 Å². The smallest absolute Gasteiger partial charge is 0.163 e. The van der Waals surface area contributed by atoms with Crippen LogP contribution in [0.15, 0.2) is 30.3 Å². The summed E-state index contributed by atoms with van der Waals surface area (Å²) in [5, 5.41) is 4.67. The molecular formula is C17H17IN4S. The van der Waals surface area contributed by atoms with Crippen molar-refractivity contribution in [3.63, 3.8) is 0 Å². The lowest BCUT2D eigenvalue weighted by atomic mass is 10.1. The van der Waals surface area contributed by atoms with Gasteiger partial charge in [0, 0.05) is 47.6 Å². The third-order valence-electron chi connectivity index (χ3n) is 4.09. The Labute approximate surface area is 151 Å². The largest absolute Gasteiger partial charge is 0.367 e. The molecule has 1 aliphatic carbocycles. The molecule has 1 aromatic carbocycles. The number of hydrogen-bond donors (Lipinski definition) is 1. The van der Waals surface area contributed by atoms with E-state index < -0.39 is 0 Å². The Hall–Kier alpha value is -1.28. The molecule has 0 saturated heterocycles. The number of aromatic nitrogens is 3. The monoisotopic (exact) mass is 436 g/mol. The van der Waals surface area contributed by atoms with Gasteiger partial charge in [-0.1, -0.05) is 29.8 Å². The van der Waals surface area contributed by atoms with E-state index in [1.807, 2.05) is 0 Å². The van der Waals surface area contributed by atoms with Gasteiger partial charge in [0.25, 0.3) is 0 Å². The number of fused-ring (bicyclic) bond motifs is 1. The zero-order valence-electron chi connectivity index (χ0n) is 13.0. The number of benzene rings is 1. The maximum absolute atomic E-state index is 4.84. The van der Waals surface area contributed by atoms with Crippen LogP contribution in [0.5, 0.6) is 0 Å². The topological polar surface area (TPSA) is 42.7 Å². The van der Waals surface area contributed by atoms with Crippen molar-refractivity contribution in [1.29, 1.82) is 0 Å². The molecular weight excluding hydrogens is 419 g/mol. The van der Waals surface area contributed by atoms with E-state index in [0.29, 0.717) is 6.04 Å². The van der Waals surface area contributed by atoms with Gasteiger partial charge in [0.2, 0.25) is 0 Å². The van der Waals surface area contributed by atoms with Crippen LogP contribution in [-0.4, -0.2) is 20.0 Å². The third-order valence-corrected chi connectivity index (χ3v) is 5.87. The highest BCUT2D eigenvalue weighted by molar-refractivity contribution is 14.2. The maximum atomic E-state index is 4.84. The second kappa shape index (κ2) is 5.98. The molecule has 2 heterocycles. The van der Waals surface area contributed by atoms with E-state index in [0.717, 1.165) is 28.2 Å². The van der Waals surface area contributed by atoms with Crippen LogP contribution in [0.25, 0.3) is 22.4 Å². The summed E-state index contributed by atoms with van der Waals surface area (Å²) in [7, 11) is 1.65. The number of halogens is 1. The molecule has 3 aromatic rings. The summed E-state index contributed by atoms with van der Waals surface area (Å²) < 4.78 is 2.16. The highest BCUT2D eigenvalue weighted by Crippen LogP contribution is 2.34. The van der Waals surface area contributed by atoms with Gasteiger partial charge >= 0.3 is 0 Å². The van der Waals surface area contributed by atoms with E-state index in [9.17, 15) is 0 Å². The molecule has 0 amide bonds. The first-order valence-electron chi connectivity index (χ1n) is 7.68. The van der Waals surface area contributed by atoms with Gasteiger partial charge in [0.05, 0.1) is 5.39 Å². The van der Waals surface area contributed by atoms with Crippen molar-refractivity contribution in [2.24, 2.45) is 0 Å². The maximum Gasteiger partial charge on any atom is 0.163 e. The van der Waals surface area contributed by atoms with Crippen molar-refractivity contribution in [2.75, 3.05) is 5.32 Å². The fourth-order valence-electron chi connectivity index (χ4n) is 2.63. The van der Waals surface area contributed by atoms with Crippen LogP contribution in [0, 0.1) is 13.8 Å². The predicted octanol–water partition coefficient (Wildman–Crippen LogP) is 5.14. The lowest BCUT2D eigenvalue weighted by Gasteiger charge is -2.09. The Balaban J connectivity index is 1.91. The summed E-state index contributed by atoms with van der Waals surface area (Å²) in [6, 6.07) is 11.1. The zero-order valence-corrected chi connectivity index (χ0v) is 16.0. The number of aryl methyl sites for hydroxylation is 2. The van der Waals surface area contributed by atoms with Gasteiger partial charge in [-0.3, -0.25) is 3.97 Å². The van der Waals surface area contributed by atoms with Gasteiger partial charge in [0.15, 0.2) is 11.5 Å². The molecule has 1 fully saturated rings. The van der Waals surface area contributed by atoms with Gasteiger partial charge in [0.1, 0.15) is 5.82 Å². The SMILES string of the molecule is Cc1ccc(-c2nc(NC3CC3)c3cc(C)n(SI)c3n2)cc1. The minimum atomic E-state index is 0.565. The second-order valence-electron chi connectivity index (χ2n) is 6.07. The molecule has 4 rings (SSSR count). The standard InChI is InChI=1S/C17H17IN4S/c1-10-3-5-12(6-4-10)15-20-16(19-13-7-8-13)14-9-11(2)22(23-18)17(14)21-15/h3-6,9,13H,7-8H2,1-2H3,(H,19,20,21). The molecule has 118 valence electrons. The normalized spacial score (nSPS) is 14.4.